The number of aromatic nitrogens is 1. The molecule has 0 amide bonds. The first-order valence-corrected chi connectivity index (χ1v) is 10.3. The molecule has 0 N–H and O–H groups in total. The summed E-state index contributed by atoms with van der Waals surface area (Å²) in [4.78, 5) is 6.28. The summed E-state index contributed by atoms with van der Waals surface area (Å²) in [5.74, 6) is 0.478. The van der Waals surface area contributed by atoms with E-state index in [9.17, 15) is 8.42 Å². The quantitative estimate of drug-likeness (QED) is 0.683. The Labute approximate surface area is 167 Å². The van der Waals surface area contributed by atoms with E-state index in [1.54, 1.807) is 0 Å². The highest BCUT2D eigenvalue weighted by molar-refractivity contribution is 7.89. The lowest BCUT2D eigenvalue weighted by molar-refractivity contribution is 0.222. The summed E-state index contributed by atoms with van der Waals surface area (Å²) in [6.45, 7) is 2.30. The Morgan fingerprint density at radius 2 is 1.65 bits per heavy atom. The molecule has 1 aliphatic rings. The molecule has 0 radical (unpaired) electrons. The fourth-order valence-corrected chi connectivity index (χ4v) is 4.40. The lowest BCUT2D eigenvalue weighted by Gasteiger charge is -2.31. The lowest BCUT2D eigenvalue weighted by atomic mass is 10.3. The second-order valence-corrected chi connectivity index (χ2v) is 9.00. The van der Waals surface area contributed by atoms with Gasteiger partial charge in [0, 0.05) is 38.3 Å². The highest BCUT2D eigenvalue weighted by atomic mass is 35.5. The summed E-state index contributed by atoms with van der Waals surface area (Å²) in [6, 6.07) is 5.87. The first-order chi connectivity index (χ1) is 12.3. The van der Waals surface area contributed by atoms with E-state index in [1.807, 2.05) is 7.05 Å². The minimum absolute atomic E-state index is 0.120. The van der Waals surface area contributed by atoms with Crippen molar-refractivity contribution in [1.82, 2.24) is 14.2 Å². The highest BCUT2D eigenvalue weighted by Gasteiger charge is 2.27. The number of rotatable bonds is 4. The van der Waals surface area contributed by atoms with Crippen LogP contribution in [0, 0.1) is 0 Å². The van der Waals surface area contributed by atoms with Gasteiger partial charge in [-0.2, -0.15) is 4.31 Å². The van der Waals surface area contributed by atoms with Gasteiger partial charge in [-0.05, 0) is 19.2 Å². The van der Waals surface area contributed by atoms with E-state index >= 15 is 0 Å². The second-order valence-electron chi connectivity index (χ2n) is 5.84. The van der Waals surface area contributed by atoms with Crippen molar-refractivity contribution in [3.63, 3.8) is 0 Å². The van der Waals surface area contributed by atoms with E-state index < -0.39 is 10.0 Å². The largest absolute Gasteiger partial charge is 0.437 e. The number of benzene rings is 1. The van der Waals surface area contributed by atoms with Gasteiger partial charge >= 0.3 is 0 Å². The summed E-state index contributed by atoms with van der Waals surface area (Å²) in [5.41, 5.74) is 0. The maximum absolute atomic E-state index is 12.7. The molecule has 1 aromatic carbocycles. The van der Waals surface area contributed by atoms with E-state index in [2.05, 4.69) is 9.88 Å². The maximum Gasteiger partial charge on any atom is 0.244 e. The van der Waals surface area contributed by atoms with Crippen molar-refractivity contribution in [2.45, 2.75) is 4.90 Å². The molecule has 2 heterocycles. The molecule has 1 aromatic heterocycles. The molecule has 0 bridgehead atoms. The zero-order valence-electron chi connectivity index (χ0n) is 13.8. The van der Waals surface area contributed by atoms with E-state index in [1.165, 1.54) is 34.8 Å². The molecular formula is C16H16Cl3N3O3S. The third kappa shape index (κ3) is 4.24. The van der Waals surface area contributed by atoms with Crippen molar-refractivity contribution >= 4 is 44.8 Å². The van der Waals surface area contributed by atoms with Crippen molar-refractivity contribution in [2.75, 3.05) is 33.2 Å². The van der Waals surface area contributed by atoms with Crippen LogP contribution >= 0.6 is 34.8 Å². The highest BCUT2D eigenvalue weighted by Crippen LogP contribution is 2.36. The summed E-state index contributed by atoms with van der Waals surface area (Å²) >= 11 is 17.9. The number of nitrogens with zero attached hydrogens (tertiary/aromatic N) is 3. The molecule has 26 heavy (non-hydrogen) atoms. The molecule has 0 atom stereocenters. The van der Waals surface area contributed by atoms with E-state index in [4.69, 9.17) is 39.5 Å². The van der Waals surface area contributed by atoms with Crippen molar-refractivity contribution in [3.05, 3.63) is 45.5 Å². The van der Waals surface area contributed by atoms with Gasteiger partial charge in [0.2, 0.25) is 15.9 Å². The van der Waals surface area contributed by atoms with Gasteiger partial charge in [0.1, 0.15) is 10.6 Å². The topological polar surface area (TPSA) is 62.7 Å². The number of hydrogen-bond donors (Lipinski definition) is 0. The summed E-state index contributed by atoms with van der Waals surface area (Å²) in [5, 5.41) is 0.876. The Morgan fingerprint density at radius 1 is 1.00 bits per heavy atom. The normalized spacial score (nSPS) is 16.6. The lowest BCUT2D eigenvalue weighted by Crippen LogP contribution is -2.47. The fraction of sp³-hybridized carbons (Fsp3) is 0.312. The van der Waals surface area contributed by atoms with Gasteiger partial charge in [-0.25, -0.2) is 13.4 Å². The zero-order chi connectivity index (χ0) is 18.9. The number of sulfonamides is 1. The van der Waals surface area contributed by atoms with Gasteiger partial charge in [-0.15, -0.1) is 0 Å². The molecule has 1 aliphatic heterocycles. The van der Waals surface area contributed by atoms with E-state index in [0.717, 1.165) is 0 Å². The van der Waals surface area contributed by atoms with Gasteiger partial charge in [0.15, 0.2) is 0 Å². The molecule has 2 aromatic rings. The summed E-state index contributed by atoms with van der Waals surface area (Å²) < 4.78 is 32.4. The Bertz CT molecular complexity index is 899. The number of ether oxygens (including phenoxy) is 1. The Morgan fingerprint density at radius 3 is 2.27 bits per heavy atom. The van der Waals surface area contributed by atoms with Crippen molar-refractivity contribution in [1.29, 1.82) is 0 Å². The van der Waals surface area contributed by atoms with Crippen LogP contribution in [0.1, 0.15) is 0 Å². The number of likely N-dealkylation sites (N-methyl/N-ethyl adjacent to an activating group) is 1. The van der Waals surface area contributed by atoms with Gasteiger partial charge in [-0.1, -0.05) is 34.8 Å². The Hall–Kier alpha value is -1.09. The van der Waals surface area contributed by atoms with Crippen LogP contribution in [0.2, 0.25) is 15.1 Å². The molecule has 3 rings (SSSR count). The summed E-state index contributed by atoms with van der Waals surface area (Å²) in [6.07, 6.45) is 1.27. The van der Waals surface area contributed by atoms with Crippen LogP contribution in [-0.4, -0.2) is 55.8 Å². The van der Waals surface area contributed by atoms with Crippen molar-refractivity contribution in [3.8, 4) is 11.6 Å². The molecule has 0 unspecified atom stereocenters. The zero-order valence-corrected chi connectivity index (χ0v) is 16.9. The SMILES string of the molecule is CN1CCN(S(=O)(=O)c2ccc(Oc3cc(Cl)c(Cl)cc3Cl)nc2)CC1. The van der Waals surface area contributed by atoms with Crippen LogP contribution in [0.5, 0.6) is 11.6 Å². The van der Waals surface area contributed by atoms with Crippen LogP contribution in [-0.2, 0) is 10.0 Å². The second kappa shape index (κ2) is 7.88. The van der Waals surface area contributed by atoms with Crippen molar-refractivity contribution in [2.24, 2.45) is 0 Å². The number of halogens is 3. The first-order valence-electron chi connectivity index (χ1n) is 7.74. The van der Waals surface area contributed by atoms with Gasteiger partial charge < -0.3 is 9.64 Å². The van der Waals surface area contributed by atoms with Gasteiger partial charge in [-0.3, -0.25) is 0 Å². The monoisotopic (exact) mass is 435 g/mol. The van der Waals surface area contributed by atoms with E-state index in [-0.39, 0.29) is 21.5 Å². The fourth-order valence-electron chi connectivity index (χ4n) is 2.45. The molecule has 140 valence electrons. The standard InChI is InChI=1S/C16H16Cl3N3O3S/c1-21-4-6-22(7-5-21)26(23,24)11-2-3-16(20-10-11)25-15-9-13(18)12(17)8-14(15)19/h2-3,8-10H,4-7H2,1H3. The van der Waals surface area contributed by atoms with E-state index in [0.29, 0.717) is 36.2 Å². The van der Waals surface area contributed by atoms with Crippen LogP contribution in [0.25, 0.3) is 0 Å². The molecular weight excluding hydrogens is 421 g/mol. The smallest absolute Gasteiger partial charge is 0.244 e. The Balaban J connectivity index is 1.77. The van der Waals surface area contributed by atoms with Crippen LogP contribution in [0.4, 0.5) is 0 Å². The van der Waals surface area contributed by atoms with Gasteiger partial charge in [0.05, 0.1) is 21.3 Å². The third-order valence-electron chi connectivity index (χ3n) is 4.00. The minimum atomic E-state index is -3.57. The number of hydrogen-bond acceptors (Lipinski definition) is 5. The molecule has 0 aliphatic carbocycles. The molecule has 1 saturated heterocycles. The summed E-state index contributed by atoms with van der Waals surface area (Å²) in [7, 11) is -1.61. The maximum atomic E-state index is 12.7. The average Bonchev–Trinajstić information content (AvgIpc) is 2.60. The molecule has 10 heteroatoms. The predicted molar refractivity (Wildman–Crippen MR) is 102 cm³/mol. The predicted octanol–water partition coefficient (Wildman–Crippen LogP) is 3.77. The Kier molecular flexibility index (Phi) is 5.96. The average molecular weight is 437 g/mol. The van der Waals surface area contributed by atoms with Gasteiger partial charge in [0.25, 0.3) is 0 Å². The minimum Gasteiger partial charge on any atom is -0.437 e. The van der Waals surface area contributed by atoms with Crippen LogP contribution in [0.3, 0.4) is 0 Å². The van der Waals surface area contributed by atoms with Crippen molar-refractivity contribution < 1.29 is 13.2 Å². The van der Waals surface area contributed by atoms with Crippen LogP contribution in [0.15, 0.2) is 35.4 Å². The molecule has 6 nitrogen and oxygen atoms in total. The molecule has 1 fully saturated rings. The first kappa shape index (κ1) is 19.7. The number of piperazine rings is 1. The number of pyridine rings is 1. The van der Waals surface area contributed by atoms with Crippen LogP contribution < -0.4 is 4.74 Å². The molecule has 0 saturated carbocycles. The third-order valence-corrected chi connectivity index (χ3v) is 6.90. The molecule has 0 spiro atoms.